The standard InChI is InChI=1S/C37H44F3N3O5S/c1-2-49(46,47)33-16-9-27(10-17-33)34(24-44)41-35(45)28-6-13-31(14-7-28)43-22-29(26-4-11-30(12-5-26)37(38,39)40)8-15-32(43)23-42-20-19-36(25-42)18-3-21-48-36/h4-7,9-14,16-17,29,32,34,44H,2-3,8,15,18-25H2,1H3,(H,41,45)/t29?,32-,34-,36?/m0/s1. The monoisotopic (exact) mass is 699 g/mol. The van der Waals surface area contributed by atoms with Gasteiger partial charge < -0.3 is 20.1 Å². The highest BCUT2D eigenvalue weighted by Crippen LogP contribution is 2.38. The number of aliphatic hydroxyl groups excluding tert-OH is 1. The lowest BCUT2D eigenvalue weighted by atomic mass is 9.86. The second-order valence-electron chi connectivity index (χ2n) is 13.5. The third kappa shape index (κ3) is 7.98. The van der Waals surface area contributed by atoms with Gasteiger partial charge in [0.2, 0.25) is 0 Å². The molecule has 6 rings (SSSR count). The van der Waals surface area contributed by atoms with Gasteiger partial charge in [0.25, 0.3) is 5.91 Å². The maximum Gasteiger partial charge on any atom is 0.416 e. The molecule has 0 bridgehead atoms. The molecule has 3 fully saturated rings. The summed E-state index contributed by atoms with van der Waals surface area (Å²) in [6.07, 6.45) is 0.541. The van der Waals surface area contributed by atoms with Gasteiger partial charge in [-0.3, -0.25) is 9.69 Å². The Morgan fingerprint density at radius 3 is 2.35 bits per heavy atom. The first kappa shape index (κ1) is 35.4. The minimum absolute atomic E-state index is 0.0235. The quantitative estimate of drug-likeness (QED) is 0.269. The summed E-state index contributed by atoms with van der Waals surface area (Å²) >= 11 is 0. The number of likely N-dealkylation sites (tertiary alicyclic amines) is 1. The molecule has 3 heterocycles. The van der Waals surface area contributed by atoms with Crippen LogP contribution in [0.25, 0.3) is 0 Å². The zero-order valence-corrected chi connectivity index (χ0v) is 28.5. The Kier molecular flexibility index (Phi) is 10.4. The number of rotatable bonds is 10. The number of hydrogen-bond donors (Lipinski definition) is 2. The summed E-state index contributed by atoms with van der Waals surface area (Å²) in [4.78, 5) is 18.3. The van der Waals surface area contributed by atoms with Crippen molar-refractivity contribution in [1.29, 1.82) is 0 Å². The van der Waals surface area contributed by atoms with Crippen molar-refractivity contribution in [2.24, 2.45) is 0 Å². The number of anilines is 1. The topological polar surface area (TPSA) is 99.2 Å². The summed E-state index contributed by atoms with van der Waals surface area (Å²) in [5.41, 5.74) is 2.09. The first-order chi connectivity index (χ1) is 23.4. The summed E-state index contributed by atoms with van der Waals surface area (Å²) in [5.74, 6) is -0.356. The van der Waals surface area contributed by atoms with E-state index in [0.717, 1.165) is 81.7 Å². The van der Waals surface area contributed by atoms with E-state index in [0.29, 0.717) is 17.7 Å². The van der Waals surface area contributed by atoms with Gasteiger partial charge in [0.15, 0.2) is 9.84 Å². The fourth-order valence-electron chi connectivity index (χ4n) is 7.56. The highest BCUT2D eigenvalue weighted by Gasteiger charge is 2.43. The molecular formula is C37H44F3N3O5S. The van der Waals surface area contributed by atoms with Crippen molar-refractivity contribution in [3.63, 3.8) is 0 Å². The number of nitrogens with zero attached hydrogens (tertiary/aromatic N) is 2. The molecule has 264 valence electrons. The van der Waals surface area contributed by atoms with Crippen LogP contribution in [0.1, 0.15) is 78.0 Å². The molecule has 49 heavy (non-hydrogen) atoms. The predicted octanol–water partition coefficient (Wildman–Crippen LogP) is 5.97. The molecule has 0 saturated carbocycles. The van der Waals surface area contributed by atoms with Crippen LogP contribution in [-0.4, -0.2) is 81.1 Å². The minimum Gasteiger partial charge on any atom is -0.394 e. The van der Waals surface area contributed by atoms with Gasteiger partial charge in [-0.15, -0.1) is 0 Å². The number of benzene rings is 3. The van der Waals surface area contributed by atoms with Crippen molar-refractivity contribution in [2.75, 3.05) is 50.0 Å². The van der Waals surface area contributed by atoms with Crippen LogP contribution >= 0.6 is 0 Å². The fourth-order valence-corrected chi connectivity index (χ4v) is 8.45. The van der Waals surface area contributed by atoms with Crippen LogP contribution in [-0.2, 0) is 20.8 Å². The molecule has 2 unspecified atom stereocenters. The molecule has 1 spiro atoms. The SMILES string of the molecule is CCS(=O)(=O)c1ccc([C@H](CO)NC(=O)c2ccc(N3CC(c4ccc(C(F)(F)F)cc4)CC[C@H]3CN3CCC4(CCCO4)C3)cc2)cc1. The smallest absolute Gasteiger partial charge is 0.394 e. The largest absolute Gasteiger partial charge is 0.416 e. The molecule has 3 aliphatic heterocycles. The van der Waals surface area contributed by atoms with Crippen molar-refractivity contribution in [3.8, 4) is 0 Å². The fraction of sp³-hybridized carbons (Fsp3) is 0.486. The van der Waals surface area contributed by atoms with Crippen LogP contribution in [0.15, 0.2) is 77.7 Å². The number of sulfone groups is 1. The Bertz CT molecular complexity index is 1690. The van der Waals surface area contributed by atoms with Crippen LogP contribution in [0.2, 0.25) is 0 Å². The lowest BCUT2D eigenvalue weighted by Gasteiger charge is -2.43. The summed E-state index contributed by atoms with van der Waals surface area (Å²) in [6, 6.07) is 18.4. The first-order valence-electron chi connectivity index (χ1n) is 17.0. The molecule has 3 aromatic rings. The second-order valence-corrected chi connectivity index (χ2v) is 15.8. The highest BCUT2D eigenvalue weighted by atomic mass is 32.2. The van der Waals surface area contributed by atoms with Gasteiger partial charge in [-0.2, -0.15) is 13.2 Å². The number of aliphatic hydroxyl groups is 1. The summed E-state index contributed by atoms with van der Waals surface area (Å²) in [7, 11) is -3.37. The van der Waals surface area contributed by atoms with E-state index in [9.17, 15) is 31.5 Å². The number of carbonyl (C=O) groups is 1. The number of nitrogens with one attached hydrogen (secondary N) is 1. The van der Waals surface area contributed by atoms with Gasteiger partial charge >= 0.3 is 6.18 Å². The molecule has 12 heteroatoms. The Labute approximate surface area is 286 Å². The molecule has 4 atom stereocenters. The second kappa shape index (κ2) is 14.4. The molecular weight excluding hydrogens is 655 g/mol. The van der Waals surface area contributed by atoms with Crippen molar-refractivity contribution in [3.05, 3.63) is 95.1 Å². The first-order valence-corrected chi connectivity index (χ1v) is 18.7. The van der Waals surface area contributed by atoms with Gasteiger partial charge in [-0.25, -0.2) is 8.42 Å². The van der Waals surface area contributed by atoms with E-state index < -0.39 is 27.6 Å². The predicted molar refractivity (Wildman–Crippen MR) is 181 cm³/mol. The molecule has 3 aromatic carbocycles. The van der Waals surface area contributed by atoms with E-state index in [-0.39, 0.29) is 40.7 Å². The Morgan fingerprint density at radius 1 is 1.02 bits per heavy atom. The number of carbonyl (C=O) groups excluding carboxylic acids is 1. The van der Waals surface area contributed by atoms with Crippen molar-refractivity contribution < 1.29 is 36.2 Å². The maximum absolute atomic E-state index is 13.3. The summed E-state index contributed by atoms with van der Waals surface area (Å²) < 4.78 is 70.3. The Balaban J connectivity index is 1.18. The normalized spacial score (nSPS) is 24.0. The minimum atomic E-state index is -4.38. The van der Waals surface area contributed by atoms with Gasteiger partial charge in [-0.05, 0) is 91.8 Å². The number of piperidine rings is 1. The molecule has 0 aliphatic carbocycles. The molecule has 8 nitrogen and oxygen atoms in total. The Hall–Kier alpha value is -3.45. The van der Waals surface area contributed by atoms with Gasteiger partial charge in [0.1, 0.15) is 0 Å². The number of amides is 1. The average Bonchev–Trinajstić information content (AvgIpc) is 3.75. The van der Waals surface area contributed by atoms with Crippen molar-refractivity contribution in [1.82, 2.24) is 10.2 Å². The molecule has 0 radical (unpaired) electrons. The number of halogens is 3. The van der Waals surface area contributed by atoms with Crippen LogP contribution in [0.3, 0.4) is 0 Å². The van der Waals surface area contributed by atoms with E-state index in [1.54, 1.807) is 43.3 Å². The van der Waals surface area contributed by atoms with E-state index >= 15 is 0 Å². The third-order valence-electron chi connectivity index (χ3n) is 10.4. The lowest BCUT2D eigenvalue weighted by molar-refractivity contribution is -0.137. The number of ether oxygens (including phenoxy) is 1. The van der Waals surface area contributed by atoms with E-state index in [1.807, 2.05) is 12.1 Å². The molecule has 1 amide bonds. The van der Waals surface area contributed by atoms with Crippen LogP contribution in [0.4, 0.5) is 18.9 Å². The molecule has 0 aromatic heterocycles. The highest BCUT2D eigenvalue weighted by molar-refractivity contribution is 7.91. The van der Waals surface area contributed by atoms with Crippen molar-refractivity contribution in [2.45, 2.75) is 73.7 Å². The van der Waals surface area contributed by atoms with Crippen LogP contribution in [0, 0.1) is 0 Å². The lowest BCUT2D eigenvalue weighted by Crippen LogP contribution is -2.49. The molecule has 3 aliphatic rings. The maximum atomic E-state index is 13.3. The van der Waals surface area contributed by atoms with Gasteiger partial charge in [0, 0.05) is 56.0 Å². The van der Waals surface area contributed by atoms with Crippen LogP contribution < -0.4 is 10.2 Å². The third-order valence-corrected chi connectivity index (χ3v) is 12.2. The van der Waals surface area contributed by atoms with E-state index in [4.69, 9.17) is 4.74 Å². The molecule has 3 saturated heterocycles. The molecule has 2 N–H and O–H groups in total. The summed E-state index contributed by atoms with van der Waals surface area (Å²) in [6.45, 7) is 5.37. The van der Waals surface area contributed by atoms with E-state index in [2.05, 4.69) is 15.1 Å². The zero-order valence-electron chi connectivity index (χ0n) is 27.7. The zero-order chi connectivity index (χ0) is 34.8. The Morgan fingerprint density at radius 2 is 1.73 bits per heavy atom. The van der Waals surface area contributed by atoms with Gasteiger partial charge in [0.05, 0.1) is 34.5 Å². The summed E-state index contributed by atoms with van der Waals surface area (Å²) in [5, 5.41) is 12.9. The van der Waals surface area contributed by atoms with Crippen LogP contribution in [0.5, 0.6) is 0 Å². The number of hydrogen-bond acceptors (Lipinski definition) is 7. The number of alkyl halides is 3. The van der Waals surface area contributed by atoms with E-state index in [1.165, 1.54) is 12.1 Å². The van der Waals surface area contributed by atoms with Crippen molar-refractivity contribution >= 4 is 21.4 Å². The van der Waals surface area contributed by atoms with Gasteiger partial charge in [-0.1, -0.05) is 31.2 Å². The average molecular weight is 700 g/mol.